The second kappa shape index (κ2) is 6.68. The number of rotatable bonds is 4. The molecular weight excluding hydrogens is 240 g/mol. The predicted octanol–water partition coefficient (Wildman–Crippen LogP) is -0.180. The maximum Gasteiger partial charge on any atom is 0.236 e. The Morgan fingerprint density at radius 2 is 1.95 bits per heavy atom. The van der Waals surface area contributed by atoms with Crippen molar-refractivity contribution in [1.82, 2.24) is 14.7 Å². The molecule has 1 amide bonds. The normalized spacial score (nSPS) is 29.2. The van der Waals surface area contributed by atoms with Crippen molar-refractivity contribution in [3.8, 4) is 0 Å². The summed E-state index contributed by atoms with van der Waals surface area (Å²) >= 11 is 0. The fourth-order valence-corrected chi connectivity index (χ4v) is 3.36. The third kappa shape index (κ3) is 3.68. The molecular formula is C14H28N4O. The summed E-state index contributed by atoms with van der Waals surface area (Å²) in [5.74, 6) is 0.851. The van der Waals surface area contributed by atoms with Crippen LogP contribution in [-0.4, -0.2) is 80.0 Å². The fourth-order valence-electron chi connectivity index (χ4n) is 3.36. The first-order chi connectivity index (χ1) is 9.11. The van der Waals surface area contributed by atoms with Gasteiger partial charge in [0, 0.05) is 32.2 Å². The van der Waals surface area contributed by atoms with Crippen molar-refractivity contribution in [2.45, 2.75) is 25.3 Å². The topological polar surface area (TPSA) is 52.8 Å². The smallest absolute Gasteiger partial charge is 0.236 e. The van der Waals surface area contributed by atoms with E-state index in [1.807, 2.05) is 4.90 Å². The summed E-state index contributed by atoms with van der Waals surface area (Å²) in [6.45, 7) is 5.01. The quantitative estimate of drug-likeness (QED) is 0.768. The van der Waals surface area contributed by atoms with Gasteiger partial charge < -0.3 is 15.5 Å². The van der Waals surface area contributed by atoms with E-state index in [-0.39, 0.29) is 5.91 Å². The van der Waals surface area contributed by atoms with E-state index in [0.717, 1.165) is 32.7 Å². The van der Waals surface area contributed by atoms with E-state index < -0.39 is 0 Å². The van der Waals surface area contributed by atoms with Gasteiger partial charge in [-0.25, -0.2) is 0 Å². The van der Waals surface area contributed by atoms with Crippen LogP contribution in [0.1, 0.15) is 19.3 Å². The van der Waals surface area contributed by atoms with E-state index in [2.05, 4.69) is 23.9 Å². The minimum atomic E-state index is 0.276. The molecule has 2 fully saturated rings. The zero-order valence-corrected chi connectivity index (χ0v) is 12.3. The molecule has 2 rings (SSSR count). The third-order valence-corrected chi connectivity index (χ3v) is 4.73. The molecule has 0 aromatic heterocycles. The van der Waals surface area contributed by atoms with E-state index in [4.69, 9.17) is 5.73 Å². The highest BCUT2D eigenvalue weighted by Gasteiger charge is 2.31. The fraction of sp³-hybridized carbons (Fsp3) is 0.929. The molecule has 2 N–H and O–H groups in total. The number of hydrogen-bond donors (Lipinski definition) is 1. The summed E-state index contributed by atoms with van der Waals surface area (Å²) in [5.41, 5.74) is 5.82. The second-order valence-electron chi connectivity index (χ2n) is 6.09. The summed E-state index contributed by atoms with van der Waals surface area (Å²) in [6.07, 6.45) is 3.65. The van der Waals surface area contributed by atoms with Crippen LogP contribution < -0.4 is 5.73 Å². The number of likely N-dealkylation sites (N-methyl/N-ethyl adjacent to an activating group) is 2. The van der Waals surface area contributed by atoms with Gasteiger partial charge in [-0.15, -0.1) is 0 Å². The molecule has 19 heavy (non-hydrogen) atoms. The van der Waals surface area contributed by atoms with Crippen molar-refractivity contribution in [2.75, 3.05) is 53.4 Å². The Labute approximate surface area is 116 Å². The molecule has 110 valence electrons. The van der Waals surface area contributed by atoms with Crippen molar-refractivity contribution < 1.29 is 4.79 Å². The standard InChI is InChI=1S/C14H28N4O/c1-16-6-8-18(9-7-16)14(19)11-17(2)13-5-3-4-12(13)10-15/h12-13H,3-11,15H2,1-2H3. The Morgan fingerprint density at radius 3 is 2.58 bits per heavy atom. The largest absolute Gasteiger partial charge is 0.339 e. The molecule has 0 aromatic carbocycles. The monoisotopic (exact) mass is 268 g/mol. The lowest BCUT2D eigenvalue weighted by molar-refractivity contribution is -0.134. The van der Waals surface area contributed by atoms with Gasteiger partial charge in [-0.2, -0.15) is 0 Å². The van der Waals surface area contributed by atoms with Crippen LogP contribution in [0.25, 0.3) is 0 Å². The maximum atomic E-state index is 12.3. The van der Waals surface area contributed by atoms with Crippen LogP contribution in [0.2, 0.25) is 0 Å². The van der Waals surface area contributed by atoms with Gasteiger partial charge in [0.1, 0.15) is 0 Å². The number of nitrogens with zero attached hydrogens (tertiary/aromatic N) is 3. The Morgan fingerprint density at radius 1 is 1.26 bits per heavy atom. The average Bonchev–Trinajstić information content (AvgIpc) is 2.87. The number of carbonyl (C=O) groups excluding carboxylic acids is 1. The minimum absolute atomic E-state index is 0.276. The predicted molar refractivity (Wildman–Crippen MR) is 76.9 cm³/mol. The number of amides is 1. The highest BCUT2D eigenvalue weighted by Crippen LogP contribution is 2.28. The van der Waals surface area contributed by atoms with Crippen LogP contribution in [0.5, 0.6) is 0 Å². The highest BCUT2D eigenvalue weighted by atomic mass is 16.2. The molecule has 1 saturated heterocycles. The molecule has 0 spiro atoms. The Balaban J connectivity index is 1.81. The zero-order valence-electron chi connectivity index (χ0n) is 12.3. The summed E-state index contributed by atoms with van der Waals surface area (Å²) in [5, 5.41) is 0. The Bertz CT molecular complexity index is 302. The number of piperazine rings is 1. The van der Waals surface area contributed by atoms with Crippen LogP contribution in [0.3, 0.4) is 0 Å². The zero-order chi connectivity index (χ0) is 13.8. The first kappa shape index (κ1) is 14.8. The van der Waals surface area contributed by atoms with Gasteiger partial charge >= 0.3 is 0 Å². The van der Waals surface area contributed by atoms with Gasteiger partial charge in [-0.3, -0.25) is 9.69 Å². The van der Waals surface area contributed by atoms with Crippen molar-refractivity contribution in [3.05, 3.63) is 0 Å². The summed E-state index contributed by atoms with van der Waals surface area (Å²) in [6, 6.07) is 0.501. The van der Waals surface area contributed by atoms with E-state index in [1.165, 1.54) is 19.3 Å². The number of carbonyl (C=O) groups is 1. The molecule has 2 unspecified atom stereocenters. The Hall–Kier alpha value is -0.650. The molecule has 1 heterocycles. The molecule has 5 nitrogen and oxygen atoms in total. The van der Waals surface area contributed by atoms with E-state index in [1.54, 1.807) is 0 Å². The lowest BCUT2D eigenvalue weighted by atomic mass is 10.0. The molecule has 5 heteroatoms. The molecule has 2 aliphatic rings. The maximum absolute atomic E-state index is 12.3. The number of nitrogens with two attached hydrogens (primary N) is 1. The molecule has 1 aliphatic carbocycles. The lowest BCUT2D eigenvalue weighted by Gasteiger charge is -2.35. The first-order valence-electron chi connectivity index (χ1n) is 7.48. The van der Waals surface area contributed by atoms with Crippen molar-refractivity contribution in [1.29, 1.82) is 0 Å². The number of hydrogen-bond acceptors (Lipinski definition) is 4. The van der Waals surface area contributed by atoms with E-state index in [9.17, 15) is 4.79 Å². The van der Waals surface area contributed by atoms with Gasteiger partial charge in [-0.1, -0.05) is 6.42 Å². The summed E-state index contributed by atoms with van der Waals surface area (Å²) in [4.78, 5) is 18.8. The van der Waals surface area contributed by atoms with Crippen LogP contribution in [0.4, 0.5) is 0 Å². The molecule has 2 atom stereocenters. The van der Waals surface area contributed by atoms with Crippen LogP contribution in [-0.2, 0) is 4.79 Å². The SMILES string of the molecule is CN1CCN(C(=O)CN(C)C2CCCC2CN)CC1. The molecule has 0 aromatic rings. The third-order valence-electron chi connectivity index (χ3n) is 4.73. The molecule has 1 saturated carbocycles. The Kier molecular flexibility index (Phi) is 5.19. The second-order valence-corrected chi connectivity index (χ2v) is 6.09. The van der Waals surface area contributed by atoms with Gasteiger partial charge in [0.05, 0.1) is 6.54 Å². The van der Waals surface area contributed by atoms with Crippen LogP contribution >= 0.6 is 0 Å². The van der Waals surface area contributed by atoms with Gasteiger partial charge in [0.15, 0.2) is 0 Å². The van der Waals surface area contributed by atoms with Crippen molar-refractivity contribution in [3.63, 3.8) is 0 Å². The van der Waals surface area contributed by atoms with Crippen LogP contribution in [0, 0.1) is 5.92 Å². The molecule has 0 bridgehead atoms. The van der Waals surface area contributed by atoms with Crippen LogP contribution in [0.15, 0.2) is 0 Å². The van der Waals surface area contributed by atoms with Gasteiger partial charge in [0.2, 0.25) is 5.91 Å². The minimum Gasteiger partial charge on any atom is -0.339 e. The van der Waals surface area contributed by atoms with Gasteiger partial charge in [0.25, 0.3) is 0 Å². The first-order valence-corrected chi connectivity index (χ1v) is 7.48. The van der Waals surface area contributed by atoms with Crippen molar-refractivity contribution >= 4 is 5.91 Å². The van der Waals surface area contributed by atoms with E-state index in [0.29, 0.717) is 18.5 Å². The summed E-state index contributed by atoms with van der Waals surface area (Å²) < 4.78 is 0. The van der Waals surface area contributed by atoms with Gasteiger partial charge in [-0.05, 0) is 39.4 Å². The average molecular weight is 268 g/mol. The lowest BCUT2D eigenvalue weighted by Crippen LogP contribution is -2.51. The molecule has 1 aliphatic heterocycles. The highest BCUT2D eigenvalue weighted by molar-refractivity contribution is 5.78. The van der Waals surface area contributed by atoms with Crippen molar-refractivity contribution in [2.24, 2.45) is 11.7 Å². The van der Waals surface area contributed by atoms with E-state index >= 15 is 0 Å². The molecule has 0 radical (unpaired) electrons. The summed E-state index contributed by atoms with van der Waals surface area (Å²) in [7, 11) is 4.19.